The molecule has 1 aliphatic heterocycles. The van der Waals surface area contributed by atoms with Crippen molar-refractivity contribution >= 4 is 23.1 Å². The second kappa shape index (κ2) is 10.8. The van der Waals surface area contributed by atoms with Gasteiger partial charge in [-0.2, -0.15) is 5.26 Å². The normalized spacial score (nSPS) is 16.1. The average Bonchev–Trinajstić information content (AvgIpc) is 3.37. The molecule has 0 bridgehead atoms. The quantitative estimate of drug-likeness (QED) is 0.309. The molecule has 0 aliphatic carbocycles. The van der Waals surface area contributed by atoms with Crippen LogP contribution in [0.5, 0.6) is 5.75 Å². The van der Waals surface area contributed by atoms with Gasteiger partial charge in [-0.1, -0.05) is 18.2 Å². The first-order valence-electron chi connectivity index (χ1n) is 10.3. The fourth-order valence-corrected chi connectivity index (χ4v) is 4.97. The Morgan fingerprint density at radius 2 is 2.13 bits per heavy atom. The lowest BCUT2D eigenvalue weighted by Gasteiger charge is -2.22. The first kappa shape index (κ1) is 21.8. The van der Waals surface area contributed by atoms with E-state index in [1.54, 1.807) is 30.2 Å². The SMILES string of the molecule is COc1ccc(-c2cc(-c3cccs3)nc(SCCOC3CCCCO3)c2C#N)cc1. The van der Waals surface area contributed by atoms with E-state index < -0.39 is 0 Å². The molecule has 31 heavy (non-hydrogen) atoms. The van der Waals surface area contributed by atoms with E-state index in [0.29, 0.717) is 17.9 Å². The van der Waals surface area contributed by atoms with Crippen molar-refractivity contribution in [3.8, 4) is 33.5 Å². The van der Waals surface area contributed by atoms with Crippen molar-refractivity contribution in [1.82, 2.24) is 4.98 Å². The number of thioether (sulfide) groups is 1. The number of hydrogen-bond acceptors (Lipinski definition) is 7. The molecule has 1 aromatic carbocycles. The summed E-state index contributed by atoms with van der Waals surface area (Å²) in [5, 5.41) is 12.7. The highest BCUT2D eigenvalue weighted by molar-refractivity contribution is 7.99. The van der Waals surface area contributed by atoms with Gasteiger partial charge in [-0.15, -0.1) is 23.1 Å². The summed E-state index contributed by atoms with van der Waals surface area (Å²) in [6, 6.07) is 16.2. The standard InChI is InChI=1S/C24H24N2O3S2/c1-27-18-9-7-17(8-10-18)19-15-21(22-5-4-13-30-22)26-24(20(19)16-25)31-14-12-29-23-6-2-3-11-28-23/h4-5,7-10,13,15,23H,2-3,6,11-12,14H2,1H3. The zero-order valence-corrected chi connectivity index (χ0v) is 19.0. The average molecular weight is 453 g/mol. The largest absolute Gasteiger partial charge is 0.497 e. The van der Waals surface area contributed by atoms with Crippen LogP contribution < -0.4 is 4.74 Å². The zero-order chi connectivity index (χ0) is 21.5. The summed E-state index contributed by atoms with van der Waals surface area (Å²) in [7, 11) is 1.65. The van der Waals surface area contributed by atoms with Crippen LogP contribution in [0.4, 0.5) is 0 Å². The summed E-state index contributed by atoms with van der Waals surface area (Å²) in [6.07, 6.45) is 3.09. The van der Waals surface area contributed by atoms with Gasteiger partial charge in [0, 0.05) is 17.9 Å². The van der Waals surface area contributed by atoms with E-state index in [1.807, 2.05) is 41.8 Å². The molecule has 0 amide bonds. The number of nitrogens with zero attached hydrogens (tertiary/aromatic N) is 2. The molecular formula is C24H24N2O3S2. The number of methoxy groups -OCH3 is 1. The number of thiophene rings is 1. The maximum Gasteiger partial charge on any atom is 0.157 e. The third kappa shape index (κ3) is 5.46. The van der Waals surface area contributed by atoms with Gasteiger partial charge >= 0.3 is 0 Å². The number of nitriles is 1. The summed E-state index contributed by atoms with van der Waals surface area (Å²) in [6.45, 7) is 1.33. The van der Waals surface area contributed by atoms with Gasteiger partial charge in [0.1, 0.15) is 16.8 Å². The monoisotopic (exact) mass is 452 g/mol. The maximum absolute atomic E-state index is 9.97. The molecule has 160 valence electrons. The second-order valence-corrected chi connectivity index (χ2v) is 9.10. The number of hydrogen-bond donors (Lipinski definition) is 0. The van der Waals surface area contributed by atoms with Crippen LogP contribution in [0, 0.1) is 11.3 Å². The molecule has 1 atom stereocenters. The lowest BCUT2D eigenvalue weighted by atomic mass is 10.0. The Kier molecular flexibility index (Phi) is 7.60. The van der Waals surface area contributed by atoms with E-state index in [0.717, 1.165) is 58.3 Å². The van der Waals surface area contributed by atoms with Crippen molar-refractivity contribution in [3.63, 3.8) is 0 Å². The van der Waals surface area contributed by atoms with Crippen LogP contribution in [-0.2, 0) is 9.47 Å². The second-order valence-electron chi connectivity index (χ2n) is 7.07. The molecule has 1 saturated heterocycles. The Hall–Kier alpha value is -2.37. The molecular weight excluding hydrogens is 428 g/mol. The molecule has 1 unspecified atom stereocenters. The fourth-order valence-electron chi connectivity index (χ4n) is 3.44. The van der Waals surface area contributed by atoms with Gasteiger partial charge in [-0.05, 0) is 54.5 Å². The Balaban J connectivity index is 1.59. The van der Waals surface area contributed by atoms with Crippen molar-refractivity contribution in [1.29, 1.82) is 5.26 Å². The number of pyridine rings is 1. The molecule has 0 saturated carbocycles. The van der Waals surface area contributed by atoms with Gasteiger partial charge in [-0.25, -0.2) is 4.98 Å². The van der Waals surface area contributed by atoms with E-state index >= 15 is 0 Å². The van der Waals surface area contributed by atoms with Gasteiger partial charge in [0.15, 0.2) is 6.29 Å². The number of benzene rings is 1. The highest BCUT2D eigenvalue weighted by atomic mass is 32.2. The molecule has 7 heteroatoms. The van der Waals surface area contributed by atoms with Crippen molar-refractivity contribution in [2.75, 3.05) is 26.1 Å². The van der Waals surface area contributed by atoms with Gasteiger partial charge in [0.2, 0.25) is 0 Å². The Labute approximate surface area is 191 Å². The van der Waals surface area contributed by atoms with Crippen LogP contribution in [0.25, 0.3) is 21.7 Å². The lowest BCUT2D eigenvalue weighted by molar-refractivity contribution is -0.158. The molecule has 1 aliphatic rings. The van der Waals surface area contributed by atoms with E-state index in [1.165, 1.54) is 0 Å². The highest BCUT2D eigenvalue weighted by Crippen LogP contribution is 2.36. The van der Waals surface area contributed by atoms with Crippen molar-refractivity contribution in [2.45, 2.75) is 30.6 Å². The van der Waals surface area contributed by atoms with Gasteiger partial charge < -0.3 is 14.2 Å². The van der Waals surface area contributed by atoms with Crippen molar-refractivity contribution < 1.29 is 14.2 Å². The summed E-state index contributed by atoms with van der Waals surface area (Å²) in [5.41, 5.74) is 3.30. The predicted octanol–water partition coefficient (Wildman–Crippen LogP) is 5.99. The maximum atomic E-state index is 9.97. The van der Waals surface area contributed by atoms with E-state index in [4.69, 9.17) is 19.2 Å². The van der Waals surface area contributed by atoms with Crippen LogP contribution >= 0.6 is 23.1 Å². The van der Waals surface area contributed by atoms with Crippen LogP contribution in [0.15, 0.2) is 52.9 Å². The minimum absolute atomic E-state index is 0.106. The van der Waals surface area contributed by atoms with E-state index in [2.05, 4.69) is 12.1 Å². The molecule has 3 aromatic rings. The first-order chi connectivity index (χ1) is 15.3. The topological polar surface area (TPSA) is 64.4 Å². The van der Waals surface area contributed by atoms with Crippen LogP contribution in [0.1, 0.15) is 24.8 Å². The third-order valence-corrected chi connectivity index (χ3v) is 6.87. The third-order valence-electron chi connectivity index (χ3n) is 5.04. The lowest BCUT2D eigenvalue weighted by Crippen LogP contribution is -2.23. The zero-order valence-electron chi connectivity index (χ0n) is 17.4. The molecule has 4 rings (SSSR count). The summed E-state index contributed by atoms with van der Waals surface area (Å²) in [4.78, 5) is 5.91. The van der Waals surface area contributed by atoms with E-state index in [-0.39, 0.29) is 6.29 Å². The van der Waals surface area contributed by atoms with Gasteiger partial charge in [0.05, 0.1) is 29.9 Å². The smallest absolute Gasteiger partial charge is 0.157 e. The van der Waals surface area contributed by atoms with Crippen LogP contribution in [0.3, 0.4) is 0 Å². The Morgan fingerprint density at radius 1 is 1.26 bits per heavy atom. The Bertz CT molecular complexity index is 1020. The predicted molar refractivity (Wildman–Crippen MR) is 125 cm³/mol. The highest BCUT2D eigenvalue weighted by Gasteiger charge is 2.17. The molecule has 2 aromatic heterocycles. The van der Waals surface area contributed by atoms with Crippen LogP contribution in [0.2, 0.25) is 0 Å². The molecule has 3 heterocycles. The van der Waals surface area contributed by atoms with E-state index in [9.17, 15) is 5.26 Å². The Morgan fingerprint density at radius 3 is 2.81 bits per heavy atom. The molecule has 0 radical (unpaired) electrons. The molecule has 0 spiro atoms. The first-order valence-corrected chi connectivity index (χ1v) is 12.1. The fraction of sp³-hybridized carbons (Fsp3) is 0.333. The number of ether oxygens (including phenoxy) is 3. The summed E-state index contributed by atoms with van der Waals surface area (Å²) >= 11 is 3.19. The number of rotatable bonds is 8. The minimum atomic E-state index is -0.106. The summed E-state index contributed by atoms with van der Waals surface area (Å²) in [5.74, 6) is 1.49. The molecule has 1 fully saturated rings. The summed E-state index contributed by atoms with van der Waals surface area (Å²) < 4.78 is 16.8. The van der Waals surface area contributed by atoms with Crippen molar-refractivity contribution in [2.24, 2.45) is 0 Å². The van der Waals surface area contributed by atoms with Crippen molar-refractivity contribution in [3.05, 3.63) is 53.4 Å². The number of aromatic nitrogens is 1. The minimum Gasteiger partial charge on any atom is -0.497 e. The van der Waals surface area contributed by atoms with Gasteiger partial charge in [0.25, 0.3) is 0 Å². The van der Waals surface area contributed by atoms with Crippen LogP contribution in [-0.4, -0.2) is 37.4 Å². The van der Waals surface area contributed by atoms with Gasteiger partial charge in [-0.3, -0.25) is 0 Å². The molecule has 5 nitrogen and oxygen atoms in total. The molecule has 0 N–H and O–H groups in total.